The van der Waals surface area contributed by atoms with E-state index in [9.17, 15) is 37.1 Å². The van der Waals surface area contributed by atoms with Crippen molar-refractivity contribution in [3.05, 3.63) is 111 Å². The Morgan fingerprint density at radius 1 is 1.03 bits per heavy atom. The minimum atomic E-state index is -4.71. The zero-order valence-corrected chi connectivity index (χ0v) is 38.4. The van der Waals surface area contributed by atoms with Crippen LogP contribution in [0, 0.1) is 11.2 Å². The van der Waals surface area contributed by atoms with Crippen molar-refractivity contribution in [3.63, 3.8) is 0 Å². The van der Waals surface area contributed by atoms with Crippen molar-refractivity contribution in [2.45, 2.75) is 101 Å². The summed E-state index contributed by atoms with van der Waals surface area (Å²) in [4.78, 5) is 73.2. The summed E-state index contributed by atoms with van der Waals surface area (Å²) in [6, 6.07) is 12.8. The van der Waals surface area contributed by atoms with Crippen molar-refractivity contribution in [3.8, 4) is 11.5 Å². The maximum absolute atomic E-state index is 16.3. The summed E-state index contributed by atoms with van der Waals surface area (Å²) in [6.45, 7) is 6.99. The Bertz CT molecular complexity index is 2730. The third kappa shape index (κ3) is 8.61. The van der Waals surface area contributed by atoms with Gasteiger partial charge in [0.1, 0.15) is 35.2 Å². The Morgan fingerprint density at radius 2 is 1.82 bits per heavy atom. The highest BCUT2D eigenvalue weighted by atomic mass is 35.5. The molecule has 1 unspecified atom stereocenters. The van der Waals surface area contributed by atoms with E-state index in [1.807, 2.05) is 20.8 Å². The van der Waals surface area contributed by atoms with Crippen molar-refractivity contribution in [2.75, 3.05) is 37.4 Å². The molecule has 68 heavy (non-hydrogen) atoms. The molecule has 1 spiro atoms. The average molecular weight is 960 g/mol. The fourth-order valence-corrected chi connectivity index (χ4v) is 10.9. The van der Waals surface area contributed by atoms with Gasteiger partial charge in [-0.15, -0.1) is 0 Å². The molecule has 19 heteroatoms. The zero-order chi connectivity index (χ0) is 48.4. The number of likely N-dealkylation sites (tertiary alicyclic amines) is 1. The summed E-state index contributed by atoms with van der Waals surface area (Å²) in [5.41, 5.74) is -0.226. The number of hydrogen-bond donors (Lipinski definition) is 4. The van der Waals surface area contributed by atoms with Crippen molar-refractivity contribution in [1.29, 1.82) is 0 Å². The summed E-state index contributed by atoms with van der Waals surface area (Å²) in [5.74, 6) is -3.08. The molecule has 1 aromatic heterocycles. The predicted molar refractivity (Wildman–Crippen MR) is 242 cm³/mol. The van der Waals surface area contributed by atoms with Crippen LogP contribution < -0.4 is 30.7 Å². The number of imide groups is 1. The van der Waals surface area contributed by atoms with Crippen molar-refractivity contribution < 1.29 is 51.0 Å². The fourth-order valence-electron chi connectivity index (χ4n) is 10.7. The monoisotopic (exact) mass is 959 g/mol. The number of methoxy groups -OCH3 is 1. The van der Waals surface area contributed by atoms with Gasteiger partial charge in [-0.2, -0.15) is 13.2 Å². The van der Waals surface area contributed by atoms with Gasteiger partial charge in [-0.3, -0.25) is 34.3 Å². The molecule has 3 aromatic carbocycles. The average Bonchev–Trinajstić information content (AvgIpc) is 3.94. The standard InChI is InChI=1S/C49H50ClF4N7O7/c1-47(2,3)20-38-48(24-56-34-19-37(49(52,53)54)55-21-31(34)48)40(30-8-5-9-32(50)41(30)51)42(58-38)44(64)57-33-13-10-25(18-36(33)67-4)45(65)60-16-6-7-28(23-60)68-27-11-12-29-26(17-27)22-61(46(29)66)35-14-15-39(62)59-43(35)63/h5,8-13,17-19,21,28,35,38,40,42,56,58H,6-7,14-16,20,22-24H2,1-4H3,(H,57,64)(H,59,62,63)/t28-,35?,38+,40+,42-,48+/m1/s1. The molecule has 0 saturated carbocycles. The SMILES string of the molecule is COc1cc(C(=O)N2CCC[C@@H](Oc3ccc4c(c3)CN(C3CCC(=O)NC3=O)C4=O)C2)ccc1NC(=O)[C@@H]1N[C@@H](CC(C)(C)C)[C@@]2(CNc3cc(C(F)(F)F)ncc32)[C@H]1c1cccc(Cl)c1F. The summed E-state index contributed by atoms with van der Waals surface area (Å²) >= 11 is 6.36. The summed E-state index contributed by atoms with van der Waals surface area (Å²) < 4.78 is 70.0. The number of nitrogens with zero attached hydrogens (tertiary/aromatic N) is 3. The first-order valence-corrected chi connectivity index (χ1v) is 22.9. The van der Waals surface area contributed by atoms with E-state index < -0.39 is 59.0 Å². The Hall–Kier alpha value is -6.27. The lowest BCUT2D eigenvalue weighted by Gasteiger charge is -2.39. The number of carbonyl (C=O) groups excluding carboxylic acids is 5. The highest BCUT2D eigenvalue weighted by molar-refractivity contribution is 6.30. The van der Waals surface area contributed by atoms with Crippen molar-refractivity contribution in [2.24, 2.45) is 5.41 Å². The number of piperidine rings is 2. The van der Waals surface area contributed by atoms with Crippen LogP contribution in [0.5, 0.6) is 11.5 Å². The van der Waals surface area contributed by atoms with Crippen molar-refractivity contribution in [1.82, 2.24) is 25.4 Å². The van der Waals surface area contributed by atoms with Crippen LogP contribution in [0.3, 0.4) is 0 Å². The normalized spacial score (nSPS) is 24.7. The first-order chi connectivity index (χ1) is 32.2. The van der Waals surface area contributed by atoms with E-state index in [-0.39, 0.29) is 95.0 Å². The van der Waals surface area contributed by atoms with Crippen molar-refractivity contribution >= 4 is 52.5 Å². The van der Waals surface area contributed by atoms with Gasteiger partial charge >= 0.3 is 6.18 Å². The molecule has 3 fully saturated rings. The number of halogens is 5. The number of hydrogen-bond acceptors (Lipinski definition) is 10. The lowest BCUT2D eigenvalue weighted by atomic mass is 9.63. The molecule has 5 amide bonds. The van der Waals surface area contributed by atoms with Crippen LogP contribution in [0.4, 0.5) is 28.9 Å². The van der Waals surface area contributed by atoms with Crippen LogP contribution in [0.1, 0.15) is 102 Å². The number of aromatic nitrogens is 1. The van der Waals surface area contributed by atoms with Gasteiger partial charge in [0, 0.05) is 72.0 Å². The van der Waals surface area contributed by atoms with Gasteiger partial charge in [0.2, 0.25) is 17.7 Å². The third-order valence-electron chi connectivity index (χ3n) is 13.7. The van der Waals surface area contributed by atoms with E-state index in [1.165, 1.54) is 36.4 Å². The molecule has 6 atom stereocenters. The van der Waals surface area contributed by atoms with Gasteiger partial charge < -0.3 is 35.2 Å². The molecule has 358 valence electrons. The van der Waals surface area contributed by atoms with Gasteiger partial charge in [0.15, 0.2) is 0 Å². The van der Waals surface area contributed by atoms with Gasteiger partial charge in [-0.1, -0.05) is 44.5 Å². The lowest BCUT2D eigenvalue weighted by Crippen LogP contribution is -2.52. The molecule has 9 rings (SSSR count). The van der Waals surface area contributed by atoms with E-state index in [0.717, 1.165) is 6.07 Å². The molecular weight excluding hydrogens is 910 g/mol. The van der Waals surface area contributed by atoms with E-state index in [4.69, 9.17) is 21.1 Å². The first-order valence-electron chi connectivity index (χ1n) is 22.5. The van der Waals surface area contributed by atoms with Crippen LogP contribution in [0.25, 0.3) is 0 Å². The fraction of sp³-hybridized carbons (Fsp3) is 0.429. The Kier molecular flexibility index (Phi) is 12.2. The lowest BCUT2D eigenvalue weighted by molar-refractivity contribution is -0.141. The van der Waals surface area contributed by atoms with Crippen LogP contribution in [-0.4, -0.2) is 95.3 Å². The first kappa shape index (κ1) is 46.8. The second-order valence-electron chi connectivity index (χ2n) is 19.3. The topological polar surface area (TPSA) is 171 Å². The zero-order valence-electron chi connectivity index (χ0n) is 37.7. The Labute approximate surface area is 394 Å². The minimum absolute atomic E-state index is 0.0710. The third-order valence-corrected chi connectivity index (χ3v) is 14.0. The molecule has 0 radical (unpaired) electrons. The van der Waals surface area contributed by atoms with Crippen LogP contribution in [-0.2, 0) is 32.5 Å². The molecule has 4 aromatic rings. The van der Waals surface area contributed by atoms with E-state index in [0.29, 0.717) is 48.2 Å². The number of amides is 5. The maximum atomic E-state index is 16.3. The Morgan fingerprint density at radius 3 is 2.56 bits per heavy atom. The number of pyridine rings is 1. The largest absolute Gasteiger partial charge is 0.495 e. The second kappa shape index (κ2) is 17.7. The minimum Gasteiger partial charge on any atom is -0.495 e. The molecule has 4 N–H and O–H groups in total. The van der Waals surface area contributed by atoms with Gasteiger partial charge in [-0.05, 0) is 90.8 Å². The smallest absolute Gasteiger partial charge is 0.433 e. The quantitative estimate of drug-likeness (QED) is 0.0994. The van der Waals surface area contributed by atoms with Crippen LogP contribution in [0.2, 0.25) is 5.02 Å². The van der Waals surface area contributed by atoms with Gasteiger partial charge in [0.25, 0.3) is 11.8 Å². The number of ether oxygens (including phenoxy) is 2. The summed E-state index contributed by atoms with van der Waals surface area (Å²) in [6.07, 6.45) is -1.75. The molecule has 5 aliphatic heterocycles. The highest BCUT2D eigenvalue weighted by Gasteiger charge is 2.62. The number of alkyl halides is 3. The van der Waals surface area contributed by atoms with Crippen LogP contribution in [0.15, 0.2) is 66.9 Å². The molecule has 6 heterocycles. The number of anilines is 2. The molecule has 14 nitrogen and oxygen atoms in total. The number of fused-ring (bicyclic) bond motifs is 3. The molecule has 5 aliphatic rings. The number of nitrogens with one attached hydrogen (secondary N) is 4. The molecule has 0 bridgehead atoms. The number of rotatable bonds is 9. The summed E-state index contributed by atoms with van der Waals surface area (Å²) in [5, 5.41) is 11.7. The molecule has 3 saturated heterocycles. The Balaban J connectivity index is 0.935. The van der Waals surface area contributed by atoms with E-state index in [2.05, 4.69) is 26.3 Å². The summed E-state index contributed by atoms with van der Waals surface area (Å²) in [7, 11) is 1.40. The number of benzene rings is 3. The second-order valence-corrected chi connectivity index (χ2v) is 19.8. The predicted octanol–water partition coefficient (Wildman–Crippen LogP) is 7.21. The van der Waals surface area contributed by atoms with Gasteiger partial charge in [-0.25, -0.2) is 4.39 Å². The molecular formula is C49H50ClF4N7O7. The van der Waals surface area contributed by atoms with Crippen LogP contribution >= 0.6 is 11.6 Å². The highest BCUT2D eigenvalue weighted by Crippen LogP contribution is 2.57. The van der Waals surface area contributed by atoms with E-state index in [1.54, 1.807) is 41.3 Å². The van der Waals surface area contributed by atoms with Gasteiger partial charge in [0.05, 0.1) is 30.4 Å². The number of carbonyl (C=O) groups is 5. The molecule has 0 aliphatic carbocycles. The van der Waals surface area contributed by atoms with E-state index >= 15 is 4.39 Å². The maximum Gasteiger partial charge on any atom is 0.433 e.